The van der Waals surface area contributed by atoms with Crippen LogP contribution >= 0.6 is 27.3 Å². The van der Waals surface area contributed by atoms with Gasteiger partial charge in [-0.3, -0.25) is 0 Å². The lowest BCUT2D eigenvalue weighted by molar-refractivity contribution is 1.36. The number of hydrogen-bond donors (Lipinski definition) is 0. The van der Waals surface area contributed by atoms with E-state index in [0.717, 1.165) is 9.61 Å². The minimum atomic E-state index is 0.904. The van der Waals surface area contributed by atoms with Gasteiger partial charge in [0, 0.05) is 10.9 Å². The molecule has 0 unspecified atom stereocenters. The number of hydrogen-bond acceptors (Lipinski definition) is 2. The van der Waals surface area contributed by atoms with Gasteiger partial charge in [0.15, 0.2) is 0 Å². The molecular weight excluding hydrogens is 294 g/mol. The highest BCUT2D eigenvalue weighted by molar-refractivity contribution is 9.10. The molecule has 3 rings (SSSR count). The fourth-order valence-electron chi connectivity index (χ4n) is 1.88. The molecule has 0 N–H and O–H groups in total. The summed E-state index contributed by atoms with van der Waals surface area (Å²) in [5.74, 6) is 0. The second-order valence-electron chi connectivity index (χ2n) is 4.04. The third-order valence-corrected chi connectivity index (χ3v) is 4.32. The summed E-state index contributed by atoms with van der Waals surface area (Å²) >= 11 is 5.04. The van der Waals surface area contributed by atoms with Crippen LogP contribution in [0.2, 0.25) is 0 Å². The molecule has 84 valence electrons. The number of fused-ring (bicyclic) bond motifs is 1. The molecule has 3 heteroatoms. The van der Waals surface area contributed by atoms with Gasteiger partial charge >= 0.3 is 0 Å². The molecule has 0 saturated heterocycles. The molecule has 1 nitrogen and oxygen atoms in total. The fourth-order valence-corrected chi connectivity index (χ4v) is 3.14. The van der Waals surface area contributed by atoms with Crippen LogP contribution in [0.25, 0.3) is 21.3 Å². The van der Waals surface area contributed by atoms with Gasteiger partial charge in [0.1, 0.15) is 9.61 Å². The lowest BCUT2D eigenvalue weighted by Gasteiger charge is -2.02. The zero-order valence-electron chi connectivity index (χ0n) is 9.27. The first-order valence-electron chi connectivity index (χ1n) is 5.34. The van der Waals surface area contributed by atoms with Gasteiger partial charge < -0.3 is 0 Å². The summed E-state index contributed by atoms with van der Waals surface area (Å²) in [6.07, 6.45) is 0. The molecule has 0 atom stereocenters. The third-order valence-electron chi connectivity index (χ3n) is 2.72. The molecule has 17 heavy (non-hydrogen) atoms. The number of halogens is 1. The molecule has 0 aliphatic rings. The Bertz CT molecular complexity index is 688. The quantitative estimate of drug-likeness (QED) is 0.614. The summed E-state index contributed by atoms with van der Waals surface area (Å²) in [7, 11) is 0. The maximum atomic E-state index is 4.44. The Kier molecular flexibility index (Phi) is 2.73. The number of aryl methyl sites for hydroxylation is 1. The van der Waals surface area contributed by atoms with Crippen LogP contribution in [0.3, 0.4) is 0 Å². The Hall–Kier alpha value is -1.19. The monoisotopic (exact) mass is 303 g/mol. The van der Waals surface area contributed by atoms with Gasteiger partial charge in [0.25, 0.3) is 0 Å². The van der Waals surface area contributed by atoms with E-state index in [-0.39, 0.29) is 0 Å². The Morgan fingerprint density at radius 3 is 2.59 bits per heavy atom. The first-order chi connectivity index (χ1) is 8.22. The molecule has 3 aromatic rings. The highest BCUT2D eigenvalue weighted by Gasteiger charge is 2.04. The van der Waals surface area contributed by atoms with Crippen LogP contribution in [0, 0.1) is 6.92 Å². The van der Waals surface area contributed by atoms with Gasteiger partial charge in [-0.05, 0) is 39.7 Å². The van der Waals surface area contributed by atoms with E-state index in [1.807, 2.05) is 5.38 Å². The van der Waals surface area contributed by atoms with Gasteiger partial charge in [-0.1, -0.05) is 35.9 Å². The zero-order valence-corrected chi connectivity index (χ0v) is 11.7. The van der Waals surface area contributed by atoms with Gasteiger partial charge in [0.2, 0.25) is 0 Å². The summed E-state index contributed by atoms with van der Waals surface area (Å²) in [6.45, 7) is 2.12. The topological polar surface area (TPSA) is 12.9 Å². The van der Waals surface area contributed by atoms with E-state index in [4.69, 9.17) is 0 Å². The van der Waals surface area contributed by atoms with Crippen molar-refractivity contribution in [3.63, 3.8) is 0 Å². The number of rotatable bonds is 1. The summed E-state index contributed by atoms with van der Waals surface area (Å²) in [5.41, 5.74) is 2.47. The molecule has 1 heterocycles. The second-order valence-corrected chi connectivity index (χ2v) is 5.71. The van der Waals surface area contributed by atoms with Crippen molar-refractivity contribution in [3.05, 3.63) is 51.9 Å². The van der Waals surface area contributed by atoms with Crippen molar-refractivity contribution in [1.82, 2.24) is 4.98 Å². The molecule has 0 saturated carbocycles. The molecule has 0 spiro atoms. The molecule has 2 aromatic carbocycles. The SMILES string of the molecule is Cc1ccc2cc(-c3nc(Br)cs3)ccc2c1. The number of aromatic nitrogens is 1. The Balaban J connectivity index is 2.16. The van der Waals surface area contributed by atoms with Gasteiger partial charge in [-0.15, -0.1) is 11.3 Å². The molecular formula is C14H10BrNS. The van der Waals surface area contributed by atoms with E-state index in [2.05, 4.69) is 64.2 Å². The average molecular weight is 304 g/mol. The van der Waals surface area contributed by atoms with Crippen LogP contribution in [0.4, 0.5) is 0 Å². The normalized spacial score (nSPS) is 10.9. The zero-order chi connectivity index (χ0) is 11.8. The van der Waals surface area contributed by atoms with E-state index in [0.29, 0.717) is 0 Å². The minimum Gasteiger partial charge on any atom is -0.229 e. The molecule has 0 aliphatic carbocycles. The van der Waals surface area contributed by atoms with Crippen LogP contribution < -0.4 is 0 Å². The number of thiazole rings is 1. The fraction of sp³-hybridized carbons (Fsp3) is 0.0714. The standard InChI is InChI=1S/C14H10BrNS/c1-9-2-3-11-7-12(5-4-10(11)6-9)14-16-13(15)8-17-14/h2-8H,1H3. The third kappa shape index (κ3) is 2.13. The van der Waals surface area contributed by atoms with Crippen molar-refractivity contribution in [1.29, 1.82) is 0 Å². The predicted molar refractivity (Wildman–Crippen MR) is 77.5 cm³/mol. The van der Waals surface area contributed by atoms with Crippen molar-refractivity contribution < 1.29 is 0 Å². The van der Waals surface area contributed by atoms with Crippen LogP contribution in [-0.4, -0.2) is 4.98 Å². The largest absolute Gasteiger partial charge is 0.229 e. The predicted octanol–water partition coefficient (Wildman–Crippen LogP) is 5.03. The molecule has 0 bridgehead atoms. The highest BCUT2D eigenvalue weighted by atomic mass is 79.9. The van der Waals surface area contributed by atoms with Crippen LogP contribution in [0.5, 0.6) is 0 Å². The van der Waals surface area contributed by atoms with Crippen LogP contribution in [0.15, 0.2) is 46.4 Å². The maximum absolute atomic E-state index is 4.44. The summed E-state index contributed by atoms with van der Waals surface area (Å²) < 4.78 is 0.904. The second kappa shape index (κ2) is 4.24. The molecule has 1 aromatic heterocycles. The van der Waals surface area contributed by atoms with E-state index < -0.39 is 0 Å². The summed E-state index contributed by atoms with van der Waals surface area (Å²) in [5, 5.41) is 5.61. The summed E-state index contributed by atoms with van der Waals surface area (Å²) in [6, 6.07) is 13.0. The van der Waals surface area contributed by atoms with Gasteiger partial charge in [0.05, 0.1) is 0 Å². The Labute approximate surface area is 112 Å². The Morgan fingerprint density at radius 1 is 1.06 bits per heavy atom. The molecule has 0 radical (unpaired) electrons. The van der Waals surface area contributed by atoms with Crippen molar-refractivity contribution in [2.45, 2.75) is 6.92 Å². The summed E-state index contributed by atoms with van der Waals surface area (Å²) in [4.78, 5) is 4.44. The molecule has 0 fully saturated rings. The van der Waals surface area contributed by atoms with Crippen LogP contribution in [-0.2, 0) is 0 Å². The van der Waals surface area contributed by atoms with Gasteiger partial charge in [-0.2, -0.15) is 0 Å². The average Bonchev–Trinajstić information content (AvgIpc) is 2.75. The smallest absolute Gasteiger partial charge is 0.124 e. The lowest BCUT2D eigenvalue weighted by Crippen LogP contribution is -1.79. The minimum absolute atomic E-state index is 0.904. The van der Waals surface area contributed by atoms with Crippen molar-refractivity contribution in [2.24, 2.45) is 0 Å². The highest BCUT2D eigenvalue weighted by Crippen LogP contribution is 2.28. The van der Waals surface area contributed by atoms with Crippen LogP contribution in [0.1, 0.15) is 5.56 Å². The number of nitrogens with zero attached hydrogens (tertiary/aromatic N) is 1. The van der Waals surface area contributed by atoms with E-state index >= 15 is 0 Å². The van der Waals surface area contributed by atoms with Crippen molar-refractivity contribution in [3.8, 4) is 10.6 Å². The van der Waals surface area contributed by atoms with Gasteiger partial charge in [-0.25, -0.2) is 4.98 Å². The first-order valence-corrected chi connectivity index (χ1v) is 7.01. The molecule has 0 aliphatic heterocycles. The molecule has 0 amide bonds. The van der Waals surface area contributed by atoms with Crippen molar-refractivity contribution in [2.75, 3.05) is 0 Å². The first kappa shape index (κ1) is 10.9. The Morgan fingerprint density at radius 2 is 1.82 bits per heavy atom. The van der Waals surface area contributed by atoms with E-state index in [1.54, 1.807) is 11.3 Å². The number of benzene rings is 2. The van der Waals surface area contributed by atoms with E-state index in [9.17, 15) is 0 Å². The maximum Gasteiger partial charge on any atom is 0.124 e. The van der Waals surface area contributed by atoms with Crippen molar-refractivity contribution >= 4 is 38.0 Å². The van der Waals surface area contributed by atoms with E-state index in [1.165, 1.54) is 21.9 Å². The lowest BCUT2D eigenvalue weighted by atomic mass is 10.1.